The van der Waals surface area contributed by atoms with Gasteiger partial charge in [0.25, 0.3) is 5.91 Å². The summed E-state index contributed by atoms with van der Waals surface area (Å²) in [4.78, 5) is 28.9. The number of nitrogens with one attached hydrogen (secondary N) is 1. The van der Waals surface area contributed by atoms with E-state index in [0.717, 1.165) is 31.7 Å². The molecule has 1 saturated carbocycles. The molecule has 0 bridgehead atoms. The number of nitrogens with zero attached hydrogens (tertiary/aromatic N) is 1. The van der Waals surface area contributed by atoms with Crippen LogP contribution in [-0.2, 0) is 4.79 Å². The maximum Gasteiger partial charge on any atom is 0.294 e. The second kappa shape index (κ2) is 10.8. The molecule has 9 heteroatoms. The summed E-state index contributed by atoms with van der Waals surface area (Å²) >= 11 is 6.08. The van der Waals surface area contributed by atoms with E-state index < -0.39 is 23.7 Å². The quantitative estimate of drug-likeness (QED) is 0.439. The minimum Gasteiger partial charge on any atom is -0.493 e. The van der Waals surface area contributed by atoms with Gasteiger partial charge in [-0.2, -0.15) is 0 Å². The van der Waals surface area contributed by atoms with Crippen molar-refractivity contribution >= 4 is 29.1 Å². The van der Waals surface area contributed by atoms with Gasteiger partial charge in [-0.05, 0) is 49.2 Å². The Kier molecular flexibility index (Phi) is 7.60. The molecule has 1 aliphatic rings. The van der Waals surface area contributed by atoms with Crippen molar-refractivity contribution in [3.8, 4) is 11.5 Å². The van der Waals surface area contributed by atoms with Gasteiger partial charge in [0.05, 0.1) is 25.5 Å². The molecule has 3 aromatic rings. The maximum atomic E-state index is 14.0. The lowest BCUT2D eigenvalue weighted by atomic mass is 10.00. The van der Waals surface area contributed by atoms with Crippen molar-refractivity contribution in [3.63, 3.8) is 0 Å². The van der Waals surface area contributed by atoms with Crippen LogP contribution in [0, 0.1) is 5.82 Å². The lowest BCUT2D eigenvalue weighted by molar-refractivity contribution is -0.123. The second-order valence-electron chi connectivity index (χ2n) is 8.23. The summed E-state index contributed by atoms with van der Waals surface area (Å²) in [5.41, 5.74) is 0.608. The predicted molar refractivity (Wildman–Crippen MR) is 130 cm³/mol. The predicted octanol–water partition coefficient (Wildman–Crippen LogP) is 5.54. The fourth-order valence-electron chi connectivity index (χ4n) is 4.41. The van der Waals surface area contributed by atoms with Crippen molar-refractivity contribution < 1.29 is 27.9 Å². The van der Waals surface area contributed by atoms with E-state index in [2.05, 4.69) is 5.32 Å². The second-order valence-corrected chi connectivity index (χ2v) is 8.63. The smallest absolute Gasteiger partial charge is 0.294 e. The molecule has 4 rings (SSSR count). The Morgan fingerprint density at radius 3 is 2.51 bits per heavy atom. The molecule has 1 heterocycles. The van der Waals surface area contributed by atoms with Crippen molar-refractivity contribution in [2.75, 3.05) is 19.1 Å². The fourth-order valence-corrected chi connectivity index (χ4v) is 4.59. The molecule has 2 aromatic carbocycles. The molecule has 184 valence electrons. The van der Waals surface area contributed by atoms with Gasteiger partial charge in [-0.3, -0.25) is 14.5 Å². The fraction of sp³-hybridized carbons (Fsp3) is 0.308. The van der Waals surface area contributed by atoms with E-state index >= 15 is 0 Å². The average molecular weight is 501 g/mol. The summed E-state index contributed by atoms with van der Waals surface area (Å²) in [6.07, 6.45) is 5.09. The van der Waals surface area contributed by atoms with Gasteiger partial charge in [-0.1, -0.05) is 36.6 Å². The highest BCUT2D eigenvalue weighted by Gasteiger charge is 2.38. The Labute approximate surface area is 207 Å². The van der Waals surface area contributed by atoms with Crippen LogP contribution >= 0.6 is 11.6 Å². The minimum absolute atomic E-state index is 0.00553. The number of benzene rings is 2. The standard InChI is InChI=1S/C26H26ClFN2O5/c1-33-21-10-5-9-18(24(21)34-2)23(25(31)29-16-7-3-4-8-16)30(26(32)22-11-6-14-35-22)17-12-13-20(28)19(27)15-17/h5-6,9-16,23H,3-4,7-8H2,1-2H3,(H,29,31). The highest BCUT2D eigenvalue weighted by atomic mass is 35.5. The molecule has 0 spiro atoms. The molecule has 1 aliphatic carbocycles. The van der Waals surface area contributed by atoms with Crippen molar-refractivity contribution in [1.29, 1.82) is 0 Å². The largest absolute Gasteiger partial charge is 0.493 e. The van der Waals surface area contributed by atoms with E-state index in [1.54, 1.807) is 24.3 Å². The number of methoxy groups -OCH3 is 2. The number of hydrogen-bond acceptors (Lipinski definition) is 5. The van der Waals surface area contributed by atoms with Crippen molar-refractivity contribution in [2.45, 2.75) is 37.8 Å². The van der Waals surface area contributed by atoms with Gasteiger partial charge < -0.3 is 19.2 Å². The molecule has 35 heavy (non-hydrogen) atoms. The Bertz CT molecular complexity index is 1190. The Morgan fingerprint density at radius 2 is 1.89 bits per heavy atom. The summed E-state index contributed by atoms with van der Waals surface area (Å²) in [5, 5.41) is 2.89. The van der Waals surface area contributed by atoms with Gasteiger partial charge in [-0.15, -0.1) is 0 Å². The van der Waals surface area contributed by atoms with Crippen LogP contribution in [0.15, 0.2) is 59.2 Å². The first-order valence-electron chi connectivity index (χ1n) is 11.3. The minimum atomic E-state index is -1.19. The summed E-state index contributed by atoms with van der Waals surface area (Å²) in [5.74, 6) is -0.964. The molecule has 1 fully saturated rings. The highest BCUT2D eigenvalue weighted by molar-refractivity contribution is 6.31. The highest BCUT2D eigenvalue weighted by Crippen LogP contribution is 2.40. The zero-order valence-electron chi connectivity index (χ0n) is 19.4. The number of carbonyl (C=O) groups excluding carboxylic acids is 2. The molecule has 1 aromatic heterocycles. The summed E-state index contributed by atoms with van der Waals surface area (Å²) < 4.78 is 30.5. The van der Waals surface area contributed by atoms with Crippen LogP contribution in [0.3, 0.4) is 0 Å². The molecule has 0 aliphatic heterocycles. The molecular weight excluding hydrogens is 475 g/mol. The van der Waals surface area contributed by atoms with Crippen molar-refractivity contribution in [2.24, 2.45) is 0 Å². The number of amides is 2. The SMILES string of the molecule is COc1cccc(C(C(=O)NC2CCCC2)N(C(=O)c2ccco2)c2ccc(F)c(Cl)c2)c1OC. The topological polar surface area (TPSA) is 81.0 Å². The molecule has 1 N–H and O–H groups in total. The van der Waals surface area contributed by atoms with Crippen LogP contribution in [0.25, 0.3) is 0 Å². The number of carbonyl (C=O) groups is 2. The Morgan fingerprint density at radius 1 is 1.11 bits per heavy atom. The number of ether oxygens (including phenoxy) is 2. The van der Waals surface area contributed by atoms with Crippen LogP contribution in [0.1, 0.15) is 47.8 Å². The van der Waals surface area contributed by atoms with E-state index in [1.807, 2.05) is 0 Å². The molecule has 1 unspecified atom stereocenters. The van der Waals surface area contributed by atoms with Gasteiger partial charge in [0, 0.05) is 17.3 Å². The monoisotopic (exact) mass is 500 g/mol. The van der Waals surface area contributed by atoms with Crippen LogP contribution in [-0.4, -0.2) is 32.1 Å². The van der Waals surface area contributed by atoms with Crippen LogP contribution in [0.4, 0.5) is 10.1 Å². The Hall–Kier alpha value is -3.52. The number of rotatable bonds is 8. The van der Waals surface area contributed by atoms with Gasteiger partial charge in [-0.25, -0.2) is 4.39 Å². The summed E-state index contributed by atoms with van der Waals surface area (Å²) in [6, 6.07) is 10.8. The number of anilines is 1. The molecule has 2 amide bonds. The van der Waals surface area contributed by atoms with Crippen molar-refractivity contribution in [3.05, 3.63) is 77.0 Å². The molecule has 1 atom stereocenters. The molecule has 0 radical (unpaired) electrons. The molecular formula is C26H26ClFN2O5. The number of furan rings is 1. The van der Waals surface area contributed by atoms with Crippen LogP contribution < -0.4 is 19.7 Å². The van der Waals surface area contributed by atoms with Gasteiger partial charge in [0.2, 0.25) is 5.91 Å². The zero-order chi connectivity index (χ0) is 24.9. The third-order valence-corrected chi connectivity index (χ3v) is 6.36. The molecule has 0 saturated heterocycles. The van der Waals surface area contributed by atoms with Crippen molar-refractivity contribution in [1.82, 2.24) is 5.32 Å². The summed E-state index contributed by atoms with van der Waals surface area (Å²) in [7, 11) is 2.95. The van der Waals surface area contributed by atoms with Crippen LogP contribution in [0.2, 0.25) is 5.02 Å². The maximum absolute atomic E-state index is 14.0. The first-order chi connectivity index (χ1) is 16.9. The zero-order valence-corrected chi connectivity index (χ0v) is 20.2. The number of halogens is 2. The summed E-state index contributed by atoms with van der Waals surface area (Å²) in [6.45, 7) is 0. The van der Waals surface area contributed by atoms with E-state index in [0.29, 0.717) is 17.1 Å². The lowest BCUT2D eigenvalue weighted by Crippen LogP contribution is -2.46. The van der Waals surface area contributed by atoms with E-state index in [4.69, 9.17) is 25.5 Å². The lowest BCUT2D eigenvalue weighted by Gasteiger charge is -2.32. The average Bonchev–Trinajstić information content (AvgIpc) is 3.58. The third kappa shape index (κ3) is 5.12. The first-order valence-corrected chi connectivity index (χ1v) is 11.7. The van der Waals surface area contributed by atoms with E-state index in [1.165, 1.54) is 43.6 Å². The Balaban J connectivity index is 1.91. The van der Waals surface area contributed by atoms with E-state index in [-0.39, 0.29) is 22.5 Å². The normalized spacial score (nSPS) is 14.4. The van der Waals surface area contributed by atoms with Gasteiger partial charge >= 0.3 is 0 Å². The van der Waals surface area contributed by atoms with Gasteiger partial charge in [0.15, 0.2) is 17.3 Å². The number of para-hydroxylation sites is 1. The third-order valence-electron chi connectivity index (χ3n) is 6.07. The first kappa shape index (κ1) is 24.6. The number of hydrogen-bond donors (Lipinski definition) is 1. The van der Waals surface area contributed by atoms with Crippen LogP contribution in [0.5, 0.6) is 11.5 Å². The van der Waals surface area contributed by atoms with Gasteiger partial charge in [0.1, 0.15) is 11.9 Å². The van der Waals surface area contributed by atoms with E-state index in [9.17, 15) is 14.0 Å². The molecule has 7 nitrogen and oxygen atoms in total.